The lowest BCUT2D eigenvalue weighted by atomic mass is 10.1. The number of rotatable bonds is 4. The van der Waals surface area contributed by atoms with E-state index in [1.807, 2.05) is 43.0 Å². The number of carbonyl (C=O) groups excluding carboxylic acids is 2. The van der Waals surface area contributed by atoms with Crippen molar-refractivity contribution in [2.75, 3.05) is 36.8 Å². The Bertz CT molecular complexity index is 1060. The number of Topliss-reactive ketones (excluding diaryl/α,β-unsaturated/α-hetero) is 1. The zero-order chi connectivity index (χ0) is 22.1. The van der Waals surface area contributed by atoms with Gasteiger partial charge in [-0.1, -0.05) is 18.7 Å². The molecule has 0 spiro atoms. The van der Waals surface area contributed by atoms with Crippen LogP contribution in [0, 0.1) is 12.8 Å². The van der Waals surface area contributed by atoms with E-state index in [1.54, 1.807) is 11.5 Å². The van der Waals surface area contributed by atoms with Crippen LogP contribution in [0.4, 0.5) is 5.69 Å². The van der Waals surface area contributed by atoms with E-state index in [0.29, 0.717) is 37.4 Å². The molecule has 0 radical (unpaired) electrons. The number of hydrogen-bond donors (Lipinski definition) is 0. The number of ketones is 1. The van der Waals surface area contributed by atoms with Crippen LogP contribution in [0.25, 0.3) is 0 Å². The fourth-order valence-electron chi connectivity index (χ4n) is 4.30. The first-order chi connectivity index (χ1) is 14.9. The highest BCUT2D eigenvalue weighted by molar-refractivity contribution is 7.99. The van der Waals surface area contributed by atoms with E-state index in [2.05, 4.69) is 9.88 Å². The number of amides is 1. The van der Waals surface area contributed by atoms with Gasteiger partial charge in [-0.25, -0.2) is 4.98 Å². The zero-order valence-corrected chi connectivity index (χ0v) is 19.1. The van der Waals surface area contributed by atoms with Crippen molar-refractivity contribution in [3.63, 3.8) is 0 Å². The maximum absolute atomic E-state index is 13.2. The molecule has 1 fully saturated rings. The molecule has 0 aliphatic carbocycles. The van der Waals surface area contributed by atoms with Gasteiger partial charge in [0, 0.05) is 61.0 Å². The zero-order valence-electron chi connectivity index (χ0n) is 18.3. The van der Waals surface area contributed by atoms with Crippen LogP contribution in [0.5, 0.6) is 0 Å². The monoisotopic (exact) mass is 440 g/mol. The van der Waals surface area contributed by atoms with E-state index >= 15 is 0 Å². The first-order valence-corrected chi connectivity index (χ1v) is 11.8. The van der Waals surface area contributed by atoms with Gasteiger partial charge in [-0.2, -0.15) is 0 Å². The fraction of sp³-hybridized carbons (Fsp3) is 0.478. The Morgan fingerprint density at radius 3 is 2.42 bits per heavy atom. The lowest BCUT2D eigenvalue weighted by molar-refractivity contribution is -0.135. The molecule has 2 aromatic rings. The van der Waals surface area contributed by atoms with E-state index in [1.165, 1.54) is 11.8 Å². The third-order valence-corrected chi connectivity index (χ3v) is 7.32. The van der Waals surface area contributed by atoms with Gasteiger partial charge in [0.05, 0.1) is 5.92 Å². The molecule has 1 amide bonds. The number of thioether (sulfide) groups is 1. The maximum Gasteiger partial charge on any atom is 0.257 e. The van der Waals surface area contributed by atoms with Crippen molar-refractivity contribution in [1.82, 2.24) is 14.5 Å². The Balaban J connectivity index is 1.40. The fourth-order valence-corrected chi connectivity index (χ4v) is 5.41. The van der Waals surface area contributed by atoms with Crippen LogP contribution in [-0.4, -0.2) is 58.1 Å². The van der Waals surface area contributed by atoms with Crippen LogP contribution in [-0.2, 0) is 17.8 Å². The van der Waals surface area contributed by atoms with Crippen LogP contribution in [0.2, 0.25) is 0 Å². The van der Waals surface area contributed by atoms with Gasteiger partial charge < -0.3 is 9.80 Å². The molecule has 1 atom stereocenters. The van der Waals surface area contributed by atoms with Crippen LogP contribution in [0.1, 0.15) is 35.5 Å². The molecular formula is C23H28N4O3S. The summed E-state index contributed by atoms with van der Waals surface area (Å²) in [5.41, 5.74) is 3.30. The van der Waals surface area contributed by atoms with Crippen LogP contribution in [0.15, 0.2) is 34.2 Å². The van der Waals surface area contributed by atoms with Crippen LogP contribution < -0.4 is 10.5 Å². The number of anilines is 1. The van der Waals surface area contributed by atoms with E-state index in [9.17, 15) is 14.4 Å². The molecule has 1 aromatic heterocycles. The van der Waals surface area contributed by atoms with E-state index in [4.69, 9.17) is 0 Å². The van der Waals surface area contributed by atoms with Gasteiger partial charge in [0.25, 0.3) is 5.56 Å². The molecule has 1 aromatic carbocycles. The van der Waals surface area contributed by atoms with Gasteiger partial charge in [-0.05, 0) is 44.5 Å². The Morgan fingerprint density at radius 1 is 1.13 bits per heavy atom. The molecule has 0 bridgehead atoms. The lowest BCUT2D eigenvalue weighted by Crippen LogP contribution is -2.52. The Kier molecular flexibility index (Phi) is 6.18. The number of aromatic nitrogens is 2. The van der Waals surface area contributed by atoms with Crippen LogP contribution in [0.3, 0.4) is 0 Å². The molecule has 2 aliphatic rings. The molecule has 0 N–H and O–H groups in total. The molecule has 31 heavy (non-hydrogen) atoms. The predicted octanol–water partition coefficient (Wildman–Crippen LogP) is 2.39. The minimum atomic E-state index is -0.203. The quantitative estimate of drug-likeness (QED) is 0.537. The number of hydrogen-bond acceptors (Lipinski definition) is 6. The average molecular weight is 441 g/mol. The van der Waals surface area contributed by atoms with Crippen molar-refractivity contribution in [2.24, 2.45) is 5.92 Å². The summed E-state index contributed by atoms with van der Waals surface area (Å²) in [4.78, 5) is 46.2. The lowest BCUT2D eigenvalue weighted by Gasteiger charge is -2.38. The van der Waals surface area contributed by atoms with Crippen molar-refractivity contribution in [1.29, 1.82) is 0 Å². The minimum Gasteiger partial charge on any atom is -0.368 e. The largest absolute Gasteiger partial charge is 0.368 e. The second-order valence-corrected chi connectivity index (χ2v) is 9.14. The molecule has 8 heteroatoms. The summed E-state index contributed by atoms with van der Waals surface area (Å²) < 4.78 is 1.69. The molecule has 1 unspecified atom stereocenters. The minimum absolute atomic E-state index is 0.00572. The Morgan fingerprint density at radius 2 is 1.81 bits per heavy atom. The predicted molar refractivity (Wildman–Crippen MR) is 122 cm³/mol. The second kappa shape index (κ2) is 8.86. The SMILES string of the molecule is CCc1c(C)nc2n(c1=O)CC(C(=O)N1CCN(c3ccc(C(C)=O)cc3)CC1)CS2. The van der Waals surface area contributed by atoms with E-state index in [-0.39, 0.29) is 23.2 Å². The summed E-state index contributed by atoms with van der Waals surface area (Å²) in [6, 6.07) is 7.64. The van der Waals surface area contributed by atoms with Crippen LogP contribution >= 0.6 is 11.8 Å². The Hall–Kier alpha value is -2.61. The van der Waals surface area contributed by atoms with Crippen molar-refractivity contribution in [3.05, 3.63) is 51.4 Å². The second-order valence-electron chi connectivity index (χ2n) is 8.15. The molecule has 2 aliphatic heterocycles. The molecule has 164 valence electrons. The topological polar surface area (TPSA) is 75.5 Å². The third-order valence-electron chi connectivity index (χ3n) is 6.18. The maximum atomic E-state index is 13.2. The smallest absolute Gasteiger partial charge is 0.257 e. The number of benzene rings is 1. The first-order valence-electron chi connectivity index (χ1n) is 10.8. The summed E-state index contributed by atoms with van der Waals surface area (Å²) in [6.07, 6.45) is 0.649. The number of fused-ring (bicyclic) bond motifs is 1. The highest BCUT2D eigenvalue weighted by atomic mass is 32.2. The molecule has 1 saturated heterocycles. The standard InChI is InChI=1S/C23H28N4O3S/c1-4-20-15(2)24-23-27(22(20)30)13-18(14-31-23)21(29)26-11-9-25(10-12-26)19-7-5-17(6-8-19)16(3)28/h5-8,18H,4,9-14H2,1-3H3. The van der Waals surface area contributed by atoms with Gasteiger partial charge in [0.2, 0.25) is 5.91 Å². The molecule has 0 saturated carbocycles. The highest BCUT2D eigenvalue weighted by Gasteiger charge is 2.32. The number of aryl methyl sites for hydroxylation is 1. The summed E-state index contributed by atoms with van der Waals surface area (Å²) >= 11 is 1.50. The number of nitrogens with zero attached hydrogens (tertiary/aromatic N) is 4. The molecule has 4 rings (SSSR count). The van der Waals surface area contributed by atoms with E-state index < -0.39 is 0 Å². The summed E-state index contributed by atoms with van der Waals surface area (Å²) in [6.45, 7) is 8.63. The molecule has 3 heterocycles. The van der Waals surface area contributed by atoms with Gasteiger partial charge in [0.15, 0.2) is 10.9 Å². The highest BCUT2D eigenvalue weighted by Crippen LogP contribution is 2.28. The Labute approximate surface area is 186 Å². The number of carbonyl (C=O) groups is 2. The summed E-state index contributed by atoms with van der Waals surface area (Å²) in [5, 5.41) is 0.725. The van der Waals surface area contributed by atoms with Crippen molar-refractivity contribution in [3.8, 4) is 0 Å². The number of piperazine rings is 1. The van der Waals surface area contributed by atoms with Gasteiger partial charge in [-0.3, -0.25) is 19.0 Å². The summed E-state index contributed by atoms with van der Waals surface area (Å²) in [5.74, 6) is 0.633. The summed E-state index contributed by atoms with van der Waals surface area (Å²) in [7, 11) is 0. The first kappa shape index (κ1) is 21.6. The van der Waals surface area contributed by atoms with Crippen molar-refractivity contribution >= 4 is 29.1 Å². The van der Waals surface area contributed by atoms with Gasteiger partial charge >= 0.3 is 0 Å². The third kappa shape index (κ3) is 4.26. The average Bonchev–Trinajstić information content (AvgIpc) is 2.79. The van der Waals surface area contributed by atoms with Crippen molar-refractivity contribution < 1.29 is 9.59 Å². The molecular weight excluding hydrogens is 412 g/mol. The van der Waals surface area contributed by atoms with E-state index in [0.717, 1.165) is 35.2 Å². The van der Waals surface area contributed by atoms with Gasteiger partial charge in [-0.15, -0.1) is 0 Å². The van der Waals surface area contributed by atoms with Crippen molar-refractivity contribution in [2.45, 2.75) is 38.9 Å². The molecule has 7 nitrogen and oxygen atoms in total. The normalized spacial score (nSPS) is 18.6. The van der Waals surface area contributed by atoms with Gasteiger partial charge in [0.1, 0.15) is 0 Å².